The van der Waals surface area contributed by atoms with Crippen LogP contribution in [0, 0.1) is 18.8 Å². The van der Waals surface area contributed by atoms with Crippen LogP contribution >= 0.6 is 34.5 Å². The number of aromatic nitrogens is 2. The molecule has 11 heteroatoms. The molecule has 1 amide bonds. The second-order valence-corrected chi connectivity index (χ2v) is 11.7. The third-order valence-corrected chi connectivity index (χ3v) is 9.34. The lowest BCUT2D eigenvalue weighted by Crippen LogP contribution is -2.34. The highest BCUT2D eigenvalue weighted by atomic mass is 35.5. The topological polar surface area (TPSA) is 96.5 Å². The van der Waals surface area contributed by atoms with Crippen molar-refractivity contribution in [1.82, 2.24) is 15.3 Å². The summed E-state index contributed by atoms with van der Waals surface area (Å²) in [5, 5.41) is 4.52. The predicted octanol–water partition coefficient (Wildman–Crippen LogP) is 5.90. The highest BCUT2D eigenvalue weighted by Crippen LogP contribution is 2.48. The SMILES string of the molecule is CCCCOc1ccc(Cc2nc(N3C[C@@H]4C(NC(=O)c5[nH]c(C)c(Cl)c5Cl)[C@@H]4C3)sc2C(=O)OCC)cc1. The number of H-pyrrole nitrogens is 1. The summed E-state index contributed by atoms with van der Waals surface area (Å²) < 4.78 is 11.1. The molecule has 5 rings (SSSR count). The lowest BCUT2D eigenvalue weighted by Gasteiger charge is -2.19. The molecule has 3 atom stereocenters. The average molecular weight is 592 g/mol. The Kier molecular flexibility index (Phi) is 8.40. The third kappa shape index (κ3) is 5.90. The number of hydrogen-bond donors (Lipinski definition) is 2. The van der Waals surface area contributed by atoms with Gasteiger partial charge in [-0.3, -0.25) is 4.79 Å². The summed E-state index contributed by atoms with van der Waals surface area (Å²) in [6.45, 7) is 8.23. The molecule has 0 bridgehead atoms. The molecule has 0 spiro atoms. The summed E-state index contributed by atoms with van der Waals surface area (Å²) in [6, 6.07) is 8.02. The molecule has 1 saturated heterocycles. The molecule has 3 heterocycles. The Balaban J connectivity index is 1.23. The highest BCUT2D eigenvalue weighted by molar-refractivity contribution is 7.17. The number of aryl methyl sites for hydroxylation is 1. The standard InChI is InChI=1S/C28H32Cl2N4O4S/c1-4-6-11-38-17-9-7-16(8-10-17)12-20-25(27(36)37-5-2)39-28(32-20)34-13-18-19(14-34)23(18)33-26(35)24-22(30)21(29)15(3)31-24/h7-10,18-19,23,31H,4-6,11-14H2,1-3H3,(H,33,35)/t18-,19+,23?. The van der Waals surface area contributed by atoms with Gasteiger partial charge in [0.1, 0.15) is 16.3 Å². The summed E-state index contributed by atoms with van der Waals surface area (Å²) >= 11 is 13.7. The molecular weight excluding hydrogens is 559 g/mol. The van der Waals surface area contributed by atoms with E-state index < -0.39 is 0 Å². The fourth-order valence-electron chi connectivity index (χ4n) is 5.03. The molecule has 1 aliphatic heterocycles. The number of amides is 1. The van der Waals surface area contributed by atoms with Crippen LogP contribution in [0.2, 0.25) is 10.0 Å². The zero-order valence-electron chi connectivity index (χ0n) is 22.2. The van der Waals surface area contributed by atoms with Crippen LogP contribution in [0.25, 0.3) is 0 Å². The minimum atomic E-state index is -0.345. The van der Waals surface area contributed by atoms with E-state index in [0.717, 1.165) is 42.4 Å². The number of ether oxygens (including phenoxy) is 2. The lowest BCUT2D eigenvalue weighted by atomic mass is 10.1. The number of anilines is 1. The molecule has 0 radical (unpaired) electrons. The Bertz CT molecular complexity index is 1340. The maximum Gasteiger partial charge on any atom is 0.350 e. The summed E-state index contributed by atoms with van der Waals surface area (Å²) in [5.41, 5.74) is 2.73. The lowest BCUT2D eigenvalue weighted by molar-refractivity contribution is 0.0530. The zero-order chi connectivity index (χ0) is 27.7. The molecule has 1 saturated carbocycles. The van der Waals surface area contributed by atoms with Gasteiger partial charge in [-0.2, -0.15) is 0 Å². The smallest absolute Gasteiger partial charge is 0.350 e. The van der Waals surface area contributed by atoms with Crippen LogP contribution in [0.1, 0.15) is 63.8 Å². The van der Waals surface area contributed by atoms with Crippen LogP contribution in [0.15, 0.2) is 24.3 Å². The summed E-state index contributed by atoms with van der Waals surface area (Å²) in [4.78, 5) is 36.1. The minimum absolute atomic E-state index is 0.0780. The number of nitrogens with one attached hydrogen (secondary N) is 2. The molecule has 208 valence electrons. The van der Waals surface area contributed by atoms with Gasteiger partial charge in [-0.1, -0.05) is 60.0 Å². The molecule has 2 aromatic heterocycles. The van der Waals surface area contributed by atoms with E-state index in [4.69, 9.17) is 37.7 Å². The Morgan fingerprint density at radius 2 is 1.87 bits per heavy atom. The molecule has 1 unspecified atom stereocenters. The first kappa shape index (κ1) is 27.8. The number of piperidine rings is 1. The van der Waals surface area contributed by atoms with Crippen molar-refractivity contribution in [2.24, 2.45) is 11.8 Å². The fraction of sp³-hybridized carbons (Fsp3) is 0.464. The summed E-state index contributed by atoms with van der Waals surface area (Å²) in [6.07, 6.45) is 2.64. The van der Waals surface area contributed by atoms with Crippen LogP contribution < -0.4 is 15.0 Å². The minimum Gasteiger partial charge on any atom is -0.494 e. The molecule has 3 aromatic rings. The van der Waals surface area contributed by atoms with Crippen LogP contribution in [0.4, 0.5) is 5.13 Å². The van der Waals surface area contributed by atoms with Crippen molar-refractivity contribution >= 4 is 51.5 Å². The number of halogens is 2. The fourth-order valence-corrected chi connectivity index (χ4v) is 6.44. The molecule has 39 heavy (non-hydrogen) atoms. The van der Waals surface area contributed by atoms with E-state index in [1.165, 1.54) is 11.3 Å². The predicted molar refractivity (Wildman–Crippen MR) is 154 cm³/mol. The highest BCUT2D eigenvalue weighted by Gasteiger charge is 2.57. The van der Waals surface area contributed by atoms with E-state index >= 15 is 0 Å². The Hall–Kier alpha value is -2.75. The monoisotopic (exact) mass is 590 g/mol. The van der Waals surface area contributed by atoms with Crippen molar-refractivity contribution in [2.75, 3.05) is 31.2 Å². The number of carbonyl (C=O) groups is 2. The summed E-state index contributed by atoms with van der Waals surface area (Å²) in [5.74, 6) is 0.883. The van der Waals surface area contributed by atoms with Gasteiger partial charge in [-0.15, -0.1) is 0 Å². The van der Waals surface area contributed by atoms with Crippen molar-refractivity contribution in [1.29, 1.82) is 0 Å². The molecular formula is C28H32Cl2N4O4S. The quantitative estimate of drug-likeness (QED) is 0.213. The molecule has 1 aromatic carbocycles. The number of esters is 1. The van der Waals surface area contributed by atoms with Gasteiger partial charge in [0.05, 0.1) is 29.0 Å². The van der Waals surface area contributed by atoms with Gasteiger partial charge in [0, 0.05) is 43.1 Å². The maximum atomic E-state index is 12.8. The van der Waals surface area contributed by atoms with E-state index in [1.54, 1.807) is 13.8 Å². The number of benzene rings is 1. The molecule has 8 nitrogen and oxygen atoms in total. The molecule has 2 aliphatic rings. The number of unbranched alkanes of at least 4 members (excludes halogenated alkanes) is 1. The zero-order valence-corrected chi connectivity index (χ0v) is 24.5. The van der Waals surface area contributed by atoms with Gasteiger partial charge >= 0.3 is 5.97 Å². The average Bonchev–Trinajstić information content (AvgIpc) is 3.27. The summed E-state index contributed by atoms with van der Waals surface area (Å²) in [7, 11) is 0. The molecule has 2 fully saturated rings. The van der Waals surface area contributed by atoms with Crippen molar-refractivity contribution in [2.45, 2.75) is 46.1 Å². The van der Waals surface area contributed by atoms with Gasteiger partial charge in [-0.05, 0) is 38.0 Å². The van der Waals surface area contributed by atoms with Gasteiger partial charge in [0.25, 0.3) is 5.91 Å². The van der Waals surface area contributed by atoms with E-state index in [-0.39, 0.29) is 22.9 Å². The first-order valence-corrected chi connectivity index (χ1v) is 14.9. The van der Waals surface area contributed by atoms with Crippen LogP contribution in [0.5, 0.6) is 5.75 Å². The van der Waals surface area contributed by atoms with Gasteiger partial charge in [0.15, 0.2) is 5.13 Å². The molecule has 1 aliphatic carbocycles. The van der Waals surface area contributed by atoms with E-state index in [2.05, 4.69) is 22.1 Å². The first-order valence-electron chi connectivity index (χ1n) is 13.3. The van der Waals surface area contributed by atoms with Crippen molar-refractivity contribution in [3.05, 3.63) is 61.8 Å². The Labute approximate surface area is 242 Å². The van der Waals surface area contributed by atoms with E-state index in [0.29, 0.717) is 58.5 Å². The van der Waals surface area contributed by atoms with Crippen LogP contribution in [0.3, 0.4) is 0 Å². The van der Waals surface area contributed by atoms with Crippen LogP contribution in [-0.4, -0.2) is 54.2 Å². The first-order chi connectivity index (χ1) is 18.8. The van der Waals surface area contributed by atoms with Crippen molar-refractivity contribution in [3.8, 4) is 5.75 Å². The maximum absolute atomic E-state index is 12.8. The van der Waals surface area contributed by atoms with Gasteiger partial charge < -0.3 is 24.7 Å². The van der Waals surface area contributed by atoms with E-state index in [9.17, 15) is 9.59 Å². The van der Waals surface area contributed by atoms with Gasteiger partial charge in [-0.25, -0.2) is 9.78 Å². The normalized spacial score (nSPS) is 19.6. The number of aromatic amines is 1. The second kappa shape index (κ2) is 11.8. The second-order valence-electron chi connectivity index (χ2n) is 10.0. The van der Waals surface area contributed by atoms with Crippen LogP contribution in [-0.2, 0) is 11.2 Å². The third-order valence-electron chi connectivity index (χ3n) is 7.25. The van der Waals surface area contributed by atoms with Crippen molar-refractivity contribution < 1.29 is 19.1 Å². The van der Waals surface area contributed by atoms with Gasteiger partial charge in [0.2, 0.25) is 0 Å². The largest absolute Gasteiger partial charge is 0.494 e. The number of nitrogens with zero attached hydrogens (tertiary/aromatic N) is 2. The number of thiazole rings is 1. The number of fused-ring (bicyclic) bond motifs is 1. The number of hydrogen-bond acceptors (Lipinski definition) is 7. The Morgan fingerprint density at radius 1 is 1.15 bits per heavy atom. The Morgan fingerprint density at radius 3 is 2.49 bits per heavy atom. The number of carbonyl (C=O) groups excluding carboxylic acids is 2. The number of rotatable bonds is 11. The molecule has 2 N–H and O–H groups in total. The van der Waals surface area contributed by atoms with E-state index in [1.807, 2.05) is 24.3 Å². The van der Waals surface area contributed by atoms with Crippen molar-refractivity contribution in [3.63, 3.8) is 0 Å².